The molecule has 1 saturated heterocycles. The smallest absolute Gasteiger partial charge is 0.125 e. The number of hydrogen-bond acceptors (Lipinski definition) is 3. The highest BCUT2D eigenvalue weighted by Crippen LogP contribution is 2.16. The Kier molecular flexibility index (Phi) is 5.57. The van der Waals surface area contributed by atoms with Crippen LogP contribution >= 0.6 is 11.6 Å². The SMILES string of the molecule is C#C[C@](C)(CC)OC[C@H](CCl)OC[C@@H]1CO1. The number of rotatable bonds is 8. The molecule has 0 N–H and O–H groups in total. The summed E-state index contributed by atoms with van der Waals surface area (Å²) in [6.45, 7) is 5.67. The van der Waals surface area contributed by atoms with Crippen molar-refractivity contribution in [3.8, 4) is 12.3 Å². The van der Waals surface area contributed by atoms with Crippen molar-refractivity contribution < 1.29 is 14.2 Å². The van der Waals surface area contributed by atoms with Gasteiger partial charge in [0.15, 0.2) is 0 Å². The second kappa shape index (κ2) is 6.46. The first-order valence-electron chi connectivity index (χ1n) is 5.54. The average molecular weight is 247 g/mol. The lowest BCUT2D eigenvalue weighted by atomic mass is 10.1. The molecule has 92 valence electrons. The lowest BCUT2D eigenvalue weighted by molar-refractivity contribution is -0.0594. The Bertz CT molecular complexity index is 247. The summed E-state index contributed by atoms with van der Waals surface area (Å²) in [5, 5.41) is 0. The normalized spacial score (nSPS) is 24.5. The highest BCUT2D eigenvalue weighted by atomic mass is 35.5. The third-order valence-corrected chi connectivity index (χ3v) is 3.00. The number of alkyl halides is 1. The Morgan fingerprint density at radius 3 is 2.81 bits per heavy atom. The van der Waals surface area contributed by atoms with Crippen molar-refractivity contribution in [1.29, 1.82) is 0 Å². The van der Waals surface area contributed by atoms with Crippen LogP contribution in [0.5, 0.6) is 0 Å². The second-order valence-electron chi connectivity index (χ2n) is 4.10. The fourth-order valence-corrected chi connectivity index (χ4v) is 1.25. The van der Waals surface area contributed by atoms with Gasteiger partial charge in [-0.2, -0.15) is 0 Å². The van der Waals surface area contributed by atoms with E-state index in [9.17, 15) is 0 Å². The van der Waals surface area contributed by atoms with Crippen LogP contribution in [0.4, 0.5) is 0 Å². The van der Waals surface area contributed by atoms with Crippen LogP contribution in [0.1, 0.15) is 20.3 Å². The van der Waals surface area contributed by atoms with Crippen molar-refractivity contribution in [2.45, 2.75) is 38.1 Å². The van der Waals surface area contributed by atoms with Crippen molar-refractivity contribution in [3.05, 3.63) is 0 Å². The Morgan fingerprint density at radius 2 is 2.38 bits per heavy atom. The maximum absolute atomic E-state index is 5.79. The number of epoxide rings is 1. The molecule has 1 aliphatic heterocycles. The number of halogens is 1. The summed E-state index contributed by atoms with van der Waals surface area (Å²) in [4.78, 5) is 0. The molecule has 0 saturated carbocycles. The van der Waals surface area contributed by atoms with Gasteiger partial charge in [0, 0.05) is 0 Å². The molecule has 1 aliphatic rings. The van der Waals surface area contributed by atoms with E-state index in [1.807, 2.05) is 13.8 Å². The van der Waals surface area contributed by atoms with Crippen LogP contribution in [0, 0.1) is 12.3 Å². The van der Waals surface area contributed by atoms with E-state index in [-0.39, 0.29) is 12.2 Å². The van der Waals surface area contributed by atoms with Gasteiger partial charge in [-0.3, -0.25) is 0 Å². The fourth-order valence-electron chi connectivity index (χ4n) is 1.07. The molecule has 1 fully saturated rings. The summed E-state index contributed by atoms with van der Waals surface area (Å²) >= 11 is 5.79. The first-order chi connectivity index (χ1) is 7.63. The summed E-state index contributed by atoms with van der Waals surface area (Å²) in [6, 6.07) is 0. The summed E-state index contributed by atoms with van der Waals surface area (Å²) in [5.74, 6) is 3.04. The van der Waals surface area contributed by atoms with Crippen molar-refractivity contribution >= 4 is 11.6 Å². The van der Waals surface area contributed by atoms with Gasteiger partial charge in [0.2, 0.25) is 0 Å². The van der Waals surface area contributed by atoms with Crippen LogP contribution < -0.4 is 0 Å². The van der Waals surface area contributed by atoms with E-state index in [4.69, 9.17) is 32.2 Å². The van der Waals surface area contributed by atoms with Gasteiger partial charge in [0.05, 0.1) is 31.8 Å². The molecule has 0 aromatic rings. The maximum Gasteiger partial charge on any atom is 0.125 e. The van der Waals surface area contributed by atoms with E-state index < -0.39 is 5.60 Å². The molecule has 0 bridgehead atoms. The number of ether oxygens (including phenoxy) is 3. The topological polar surface area (TPSA) is 31.0 Å². The molecular weight excluding hydrogens is 228 g/mol. The third-order valence-electron chi connectivity index (χ3n) is 2.66. The first kappa shape index (κ1) is 13.8. The maximum atomic E-state index is 5.79. The summed E-state index contributed by atoms with van der Waals surface area (Å²) in [6.07, 6.45) is 6.30. The zero-order valence-electron chi connectivity index (χ0n) is 9.87. The number of terminal acetylenes is 1. The minimum absolute atomic E-state index is 0.120. The molecule has 16 heavy (non-hydrogen) atoms. The highest BCUT2D eigenvalue weighted by Gasteiger charge is 2.26. The largest absolute Gasteiger partial charge is 0.372 e. The minimum Gasteiger partial charge on any atom is -0.372 e. The second-order valence-corrected chi connectivity index (χ2v) is 4.41. The van der Waals surface area contributed by atoms with Crippen LogP contribution in [0.15, 0.2) is 0 Å². The summed E-state index contributed by atoms with van der Waals surface area (Å²) in [5.41, 5.74) is -0.524. The molecule has 0 aromatic carbocycles. The quantitative estimate of drug-likeness (QED) is 0.372. The highest BCUT2D eigenvalue weighted by molar-refractivity contribution is 6.18. The Labute approximate surface area is 102 Å². The first-order valence-corrected chi connectivity index (χ1v) is 6.08. The van der Waals surface area contributed by atoms with Crippen molar-refractivity contribution in [1.82, 2.24) is 0 Å². The molecule has 0 spiro atoms. The molecule has 0 unspecified atom stereocenters. The van der Waals surface area contributed by atoms with E-state index in [1.165, 1.54) is 0 Å². The van der Waals surface area contributed by atoms with Gasteiger partial charge < -0.3 is 14.2 Å². The molecule has 0 amide bonds. The van der Waals surface area contributed by atoms with Crippen LogP contribution in [0.3, 0.4) is 0 Å². The van der Waals surface area contributed by atoms with Gasteiger partial charge in [-0.1, -0.05) is 12.8 Å². The van der Waals surface area contributed by atoms with Gasteiger partial charge in [0.1, 0.15) is 11.7 Å². The van der Waals surface area contributed by atoms with Gasteiger partial charge in [-0.05, 0) is 13.3 Å². The van der Waals surface area contributed by atoms with E-state index in [0.717, 1.165) is 13.0 Å². The minimum atomic E-state index is -0.524. The molecule has 1 rings (SSSR count). The van der Waals surface area contributed by atoms with Crippen LogP contribution in [0.2, 0.25) is 0 Å². The van der Waals surface area contributed by atoms with E-state index in [1.54, 1.807) is 0 Å². The van der Waals surface area contributed by atoms with Crippen LogP contribution in [-0.4, -0.2) is 43.5 Å². The molecule has 3 atom stereocenters. The van der Waals surface area contributed by atoms with Crippen LogP contribution in [0.25, 0.3) is 0 Å². The zero-order valence-corrected chi connectivity index (χ0v) is 10.6. The summed E-state index contributed by atoms with van der Waals surface area (Å²) < 4.78 is 16.2. The summed E-state index contributed by atoms with van der Waals surface area (Å²) in [7, 11) is 0. The molecule has 0 radical (unpaired) electrons. The zero-order chi connectivity index (χ0) is 12.0. The molecule has 3 nitrogen and oxygen atoms in total. The lowest BCUT2D eigenvalue weighted by Gasteiger charge is -2.25. The molecule has 4 heteroatoms. The van der Waals surface area contributed by atoms with E-state index in [2.05, 4.69) is 5.92 Å². The van der Waals surface area contributed by atoms with Crippen molar-refractivity contribution in [2.75, 3.05) is 25.7 Å². The monoisotopic (exact) mass is 246 g/mol. The Balaban J connectivity index is 2.23. The van der Waals surface area contributed by atoms with Crippen molar-refractivity contribution in [3.63, 3.8) is 0 Å². The van der Waals surface area contributed by atoms with Crippen molar-refractivity contribution in [2.24, 2.45) is 0 Å². The van der Waals surface area contributed by atoms with E-state index in [0.29, 0.717) is 19.1 Å². The van der Waals surface area contributed by atoms with Crippen LogP contribution in [-0.2, 0) is 14.2 Å². The predicted molar refractivity (Wildman–Crippen MR) is 63.7 cm³/mol. The molecule has 0 aliphatic carbocycles. The van der Waals surface area contributed by atoms with Gasteiger partial charge in [0.25, 0.3) is 0 Å². The molecule has 0 aromatic heterocycles. The fraction of sp³-hybridized carbons (Fsp3) is 0.833. The van der Waals surface area contributed by atoms with E-state index >= 15 is 0 Å². The molecular formula is C12H19ClO3. The lowest BCUT2D eigenvalue weighted by Crippen LogP contribution is -2.32. The average Bonchev–Trinajstić information content (AvgIpc) is 3.13. The Morgan fingerprint density at radius 1 is 1.69 bits per heavy atom. The third kappa shape index (κ3) is 4.71. The predicted octanol–water partition coefficient (Wildman–Crippen LogP) is 1.83. The standard InChI is InChI=1S/C12H19ClO3/c1-4-12(3,5-2)16-9-10(6-13)14-7-11-8-15-11/h1,10-11H,5-9H2,2-3H3/t10-,11+,12+/m0/s1. The van der Waals surface area contributed by atoms with Gasteiger partial charge >= 0.3 is 0 Å². The molecule has 1 heterocycles. The Hall–Kier alpha value is -0.270. The number of hydrogen-bond donors (Lipinski definition) is 0. The van der Waals surface area contributed by atoms with Gasteiger partial charge in [-0.25, -0.2) is 0 Å². The van der Waals surface area contributed by atoms with Gasteiger partial charge in [-0.15, -0.1) is 18.0 Å².